The number of piperazine rings is 1. The molecule has 12 nitrogen and oxygen atoms in total. The Morgan fingerprint density at radius 1 is 1.11 bits per heavy atom. The fraction of sp³-hybridized carbons (Fsp3) is 0.517. The first-order chi connectivity index (χ1) is 21.2. The topological polar surface area (TPSA) is 145 Å². The maximum atomic E-state index is 13.1. The van der Waals surface area contributed by atoms with E-state index >= 15 is 0 Å². The molecular formula is C29H42ClN8O4PS. The number of hydrogen-bond donors (Lipinski definition) is 2. The van der Waals surface area contributed by atoms with Gasteiger partial charge in [0.05, 0.1) is 41.9 Å². The van der Waals surface area contributed by atoms with Crippen LogP contribution in [0.15, 0.2) is 35.5 Å². The third kappa shape index (κ3) is 9.43. The first-order valence-corrected chi connectivity index (χ1v) is 17.7. The highest BCUT2D eigenvalue weighted by Gasteiger charge is 2.35. The molecule has 240 valence electrons. The zero-order chi connectivity index (χ0) is 31.5. The second-order valence-corrected chi connectivity index (χ2v) is 13.8. The van der Waals surface area contributed by atoms with Crippen LogP contribution in [0.1, 0.15) is 49.4 Å². The number of anilines is 3. The number of nitrogens with two attached hydrogens (primary N) is 1. The van der Waals surface area contributed by atoms with Crippen LogP contribution in [0.5, 0.6) is 0 Å². The van der Waals surface area contributed by atoms with Gasteiger partial charge in [0, 0.05) is 44.3 Å². The number of quaternary nitrogens is 1. The van der Waals surface area contributed by atoms with Gasteiger partial charge in [0.25, 0.3) is 0 Å². The van der Waals surface area contributed by atoms with E-state index in [4.69, 9.17) is 20.6 Å². The smallest absolute Gasteiger partial charge is 0.408 e. The molecular weight excluding hydrogens is 623 g/mol. The maximum absolute atomic E-state index is 13.1. The van der Waals surface area contributed by atoms with Crippen molar-refractivity contribution < 1.29 is 24.0 Å². The lowest BCUT2D eigenvalue weighted by Gasteiger charge is -2.37. The summed E-state index contributed by atoms with van der Waals surface area (Å²) >= 11 is 7.39. The van der Waals surface area contributed by atoms with E-state index in [1.807, 2.05) is 32.0 Å². The molecule has 0 spiro atoms. The molecule has 0 unspecified atom stereocenters. The SMILES string of the molecule is C1CC[NH2+]CC1.CCOP(=O)(OCC)N1CCN(c2cc(Nc3ncc(C([O-])=Nc4c(C)cccc4Cl)s3)nc(C)n2)CC1. The van der Waals surface area contributed by atoms with Gasteiger partial charge in [-0.3, -0.25) is 14.0 Å². The van der Waals surface area contributed by atoms with Crippen LogP contribution in [0.2, 0.25) is 5.02 Å². The van der Waals surface area contributed by atoms with Gasteiger partial charge >= 0.3 is 7.75 Å². The molecule has 3 N–H and O–H groups in total. The number of thiazole rings is 1. The number of aromatic nitrogens is 3. The van der Waals surface area contributed by atoms with Crippen LogP contribution in [-0.2, 0) is 13.6 Å². The Kier molecular flexibility index (Phi) is 12.9. The summed E-state index contributed by atoms with van der Waals surface area (Å²) < 4.78 is 25.8. The molecule has 1 aromatic carbocycles. The number of piperidine rings is 1. The van der Waals surface area contributed by atoms with E-state index < -0.39 is 13.6 Å². The summed E-state index contributed by atoms with van der Waals surface area (Å²) in [5, 5.41) is 19.2. The number of aryl methyl sites for hydroxylation is 2. The number of nitrogens with zero attached hydrogens (tertiary/aromatic N) is 6. The molecule has 2 aromatic heterocycles. The molecule has 2 aliphatic rings. The second kappa shape index (κ2) is 16.6. The monoisotopic (exact) mass is 664 g/mol. The number of rotatable bonds is 10. The fourth-order valence-electron chi connectivity index (χ4n) is 4.83. The molecule has 0 saturated carbocycles. The van der Waals surface area contributed by atoms with Gasteiger partial charge in [0.1, 0.15) is 17.5 Å². The largest absolute Gasteiger partial charge is 0.858 e. The lowest BCUT2D eigenvalue weighted by Crippen LogP contribution is -2.85. The standard InChI is InChI=1S/C24H31ClN7O4PS.C5H11N/c1-5-35-37(34,36-6-2)32-12-10-31(11-13-32)21-14-20(27-17(4)28-21)29-24-26-15-19(38-24)23(33)30-22-16(3)8-7-9-18(22)25;1-2-4-6-5-3-1/h7-9,14-15H,5-6,10-13H2,1-4H3,(H,30,33)(H,26,27,28,29);6H,1-5H2. The first-order valence-electron chi connectivity index (χ1n) is 15.0. The molecule has 0 aliphatic carbocycles. The molecule has 2 fully saturated rings. The minimum absolute atomic E-state index is 0.315. The average molecular weight is 665 g/mol. The van der Waals surface area contributed by atoms with Gasteiger partial charge in [-0.05, 0) is 58.6 Å². The van der Waals surface area contributed by atoms with E-state index in [9.17, 15) is 9.67 Å². The van der Waals surface area contributed by atoms with Crippen molar-refractivity contribution >= 4 is 59.0 Å². The van der Waals surface area contributed by atoms with Crippen molar-refractivity contribution in [1.29, 1.82) is 0 Å². The molecule has 3 aromatic rings. The Hall–Kier alpha value is -2.64. The van der Waals surface area contributed by atoms with Crippen LogP contribution in [0.25, 0.3) is 0 Å². The van der Waals surface area contributed by atoms with Crippen molar-refractivity contribution in [3.05, 3.63) is 51.7 Å². The predicted molar refractivity (Wildman–Crippen MR) is 175 cm³/mol. The van der Waals surface area contributed by atoms with E-state index in [0.717, 1.165) is 11.4 Å². The van der Waals surface area contributed by atoms with Crippen LogP contribution in [0.3, 0.4) is 0 Å². The summed E-state index contributed by atoms with van der Waals surface area (Å²) in [6.07, 6.45) is 5.84. The number of halogens is 1. The molecule has 15 heteroatoms. The van der Waals surface area contributed by atoms with E-state index in [1.54, 1.807) is 24.6 Å². The molecule has 2 aliphatic heterocycles. The molecule has 0 amide bonds. The molecule has 0 atom stereocenters. The normalized spacial score (nSPS) is 16.4. The summed E-state index contributed by atoms with van der Waals surface area (Å²) in [5.74, 6) is 1.45. The molecule has 0 radical (unpaired) electrons. The Balaban J connectivity index is 0.000000657. The highest BCUT2D eigenvalue weighted by Crippen LogP contribution is 2.52. The van der Waals surface area contributed by atoms with Crippen LogP contribution in [0, 0.1) is 13.8 Å². The van der Waals surface area contributed by atoms with Crippen molar-refractivity contribution in [2.75, 3.05) is 62.7 Å². The van der Waals surface area contributed by atoms with Crippen LogP contribution in [0.4, 0.5) is 22.5 Å². The van der Waals surface area contributed by atoms with Crippen molar-refractivity contribution in [3.8, 4) is 0 Å². The van der Waals surface area contributed by atoms with E-state index in [0.29, 0.717) is 71.8 Å². The highest BCUT2D eigenvalue weighted by atomic mass is 35.5. The Morgan fingerprint density at radius 3 is 2.41 bits per heavy atom. The number of hydrogen-bond acceptors (Lipinski definition) is 11. The van der Waals surface area contributed by atoms with Crippen molar-refractivity contribution in [2.45, 2.75) is 47.0 Å². The molecule has 0 bridgehead atoms. The zero-order valence-corrected chi connectivity index (χ0v) is 28.3. The summed E-state index contributed by atoms with van der Waals surface area (Å²) in [6.45, 7) is 12.9. The molecule has 44 heavy (non-hydrogen) atoms. The van der Waals surface area contributed by atoms with Gasteiger partial charge < -0.3 is 20.6 Å². The summed E-state index contributed by atoms with van der Waals surface area (Å²) in [4.78, 5) is 20.0. The zero-order valence-electron chi connectivity index (χ0n) is 25.8. The third-order valence-corrected chi connectivity index (χ3v) is 10.5. The average Bonchev–Trinajstić information content (AvgIpc) is 3.49. The van der Waals surface area contributed by atoms with Crippen LogP contribution >= 0.6 is 30.7 Å². The Bertz CT molecular complexity index is 1400. The Morgan fingerprint density at radius 2 is 1.82 bits per heavy atom. The minimum atomic E-state index is -3.30. The van der Waals surface area contributed by atoms with E-state index in [1.165, 1.54) is 49.9 Å². The molecule has 2 saturated heterocycles. The number of para-hydroxylation sites is 1. The van der Waals surface area contributed by atoms with E-state index in [-0.39, 0.29) is 0 Å². The maximum Gasteiger partial charge on any atom is 0.408 e. The van der Waals surface area contributed by atoms with Crippen LogP contribution in [-0.4, -0.2) is 78.0 Å². The minimum Gasteiger partial charge on any atom is -0.858 e. The first kappa shape index (κ1) is 34.2. The van der Waals surface area contributed by atoms with Crippen molar-refractivity contribution in [1.82, 2.24) is 19.6 Å². The highest BCUT2D eigenvalue weighted by molar-refractivity contribution is 7.51. The van der Waals surface area contributed by atoms with Crippen molar-refractivity contribution in [2.24, 2.45) is 4.99 Å². The summed E-state index contributed by atoms with van der Waals surface area (Å²) in [6, 6.07) is 7.19. The molecule has 5 rings (SSSR count). The van der Waals surface area contributed by atoms with Gasteiger partial charge in [-0.25, -0.2) is 24.2 Å². The predicted octanol–water partition coefficient (Wildman–Crippen LogP) is 4.42. The lowest BCUT2D eigenvalue weighted by molar-refractivity contribution is -0.662. The van der Waals surface area contributed by atoms with Gasteiger partial charge in [0.15, 0.2) is 5.13 Å². The number of nitrogens with one attached hydrogen (secondary N) is 1. The van der Waals surface area contributed by atoms with Crippen LogP contribution < -0.4 is 20.6 Å². The summed E-state index contributed by atoms with van der Waals surface area (Å²) in [7, 11) is -3.30. The summed E-state index contributed by atoms with van der Waals surface area (Å²) in [5.41, 5.74) is 1.27. The van der Waals surface area contributed by atoms with Gasteiger partial charge in [0.2, 0.25) is 0 Å². The second-order valence-electron chi connectivity index (χ2n) is 10.3. The lowest BCUT2D eigenvalue weighted by atomic mass is 10.2. The molecule has 4 heterocycles. The van der Waals surface area contributed by atoms with Crippen molar-refractivity contribution in [3.63, 3.8) is 0 Å². The van der Waals surface area contributed by atoms with Gasteiger partial charge in [-0.15, -0.1) is 0 Å². The number of benzene rings is 1. The quantitative estimate of drug-likeness (QED) is 0.182. The van der Waals surface area contributed by atoms with Gasteiger partial charge in [-0.1, -0.05) is 35.1 Å². The third-order valence-electron chi connectivity index (χ3n) is 7.01. The number of aliphatic imine (C=N–C) groups is 1. The Labute approximate surface area is 268 Å². The van der Waals surface area contributed by atoms with Gasteiger partial charge in [-0.2, -0.15) is 0 Å². The fourth-order valence-corrected chi connectivity index (χ4v) is 7.53. The van der Waals surface area contributed by atoms with E-state index in [2.05, 4.69) is 35.5 Å².